The molecule has 0 saturated carbocycles. The molecule has 0 aliphatic carbocycles. The van der Waals surface area contributed by atoms with E-state index >= 15 is 0 Å². The first-order valence-electron chi connectivity index (χ1n) is 5.28. The molecule has 0 amide bonds. The number of nitrogens with zero attached hydrogens (tertiary/aromatic N) is 1. The fourth-order valence-electron chi connectivity index (χ4n) is 1.84. The Morgan fingerprint density at radius 2 is 1.69 bits per heavy atom. The predicted octanol–water partition coefficient (Wildman–Crippen LogP) is 1.90. The molecule has 1 aromatic carbocycles. The van der Waals surface area contributed by atoms with Crippen LogP contribution in [0.1, 0.15) is 6.42 Å². The second kappa shape index (κ2) is 4.74. The van der Waals surface area contributed by atoms with Gasteiger partial charge in [0.1, 0.15) is 5.82 Å². The Hall–Kier alpha value is -1.23. The molecule has 1 heterocycles. The number of anilines is 1. The molecule has 2 rings (SSSR count). The molecule has 5 heteroatoms. The number of hydrogen-bond acceptors (Lipinski definition) is 2. The molecule has 1 saturated heterocycles. The highest BCUT2D eigenvalue weighted by Crippen LogP contribution is 2.23. The fourth-order valence-corrected chi connectivity index (χ4v) is 1.84. The molecule has 1 N–H and O–H groups in total. The third-order valence-electron chi connectivity index (χ3n) is 2.67. The normalized spacial score (nSPS) is 17.3. The highest BCUT2D eigenvalue weighted by atomic mass is 19.2. The van der Waals surface area contributed by atoms with E-state index in [-0.39, 0.29) is 5.69 Å². The van der Waals surface area contributed by atoms with Crippen molar-refractivity contribution in [3.8, 4) is 0 Å². The van der Waals surface area contributed by atoms with Gasteiger partial charge in [-0.1, -0.05) is 0 Å². The Kier molecular flexibility index (Phi) is 3.33. The zero-order chi connectivity index (χ0) is 11.5. The van der Waals surface area contributed by atoms with Crippen molar-refractivity contribution in [2.45, 2.75) is 6.42 Å². The zero-order valence-electron chi connectivity index (χ0n) is 8.77. The summed E-state index contributed by atoms with van der Waals surface area (Å²) in [5, 5.41) is 3.16. The molecular formula is C11H13F3N2. The van der Waals surface area contributed by atoms with Gasteiger partial charge >= 0.3 is 0 Å². The molecule has 0 bridgehead atoms. The molecule has 88 valence electrons. The molecule has 0 aromatic heterocycles. The van der Waals surface area contributed by atoms with Crippen LogP contribution in [0.2, 0.25) is 0 Å². The highest BCUT2D eigenvalue weighted by molar-refractivity contribution is 5.48. The van der Waals surface area contributed by atoms with Crippen LogP contribution in [0.5, 0.6) is 0 Å². The van der Waals surface area contributed by atoms with Crippen LogP contribution in [0.15, 0.2) is 12.1 Å². The molecule has 1 aliphatic rings. The maximum atomic E-state index is 13.5. The Morgan fingerprint density at radius 3 is 2.50 bits per heavy atom. The lowest BCUT2D eigenvalue weighted by Crippen LogP contribution is -2.28. The summed E-state index contributed by atoms with van der Waals surface area (Å²) in [5.41, 5.74) is 0.141. The smallest absolute Gasteiger partial charge is 0.161 e. The van der Waals surface area contributed by atoms with Crippen molar-refractivity contribution < 1.29 is 13.2 Å². The predicted molar refractivity (Wildman–Crippen MR) is 56.0 cm³/mol. The van der Waals surface area contributed by atoms with Crippen LogP contribution in [-0.4, -0.2) is 26.2 Å². The van der Waals surface area contributed by atoms with Crippen LogP contribution in [0.3, 0.4) is 0 Å². The minimum Gasteiger partial charge on any atom is -0.368 e. The van der Waals surface area contributed by atoms with Gasteiger partial charge in [-0.05, 0) is 13.0 Å². The summed E-state index contributed by atoms with van der Waals surface area (Å²) in [5.74, 6) is -2.86. The molecule has 2 nitrogen and oxygen atoms in total. The quantitative estimate of drug-likeness (QED) is 0.741. The van der Waals surface area contributed by atoms with Gasteiger partial charge in [-0.25, -0.2) is 13.2 Å². The van der Waals surface area contributed by atoms with Gasteiger partial charge in [-0.15, -0.1) is 0 Å². The van der Waals surface area contributed by atoms with Gasteiger partial charge in [0.25, 0.3) is 0 Å². The molecular weight excluding hydrogens is 217 g/mol. The van der Waals surface area contributed by atoms with Gasteiger partial charge in [0.2, 0.25) is 0 Å². The third-order valence-corrected chi connectivity index (χ3v) is 2.67. The zero-order valence-corrected chi connectivity index (χ0v) is 8.77. The topological polar surface area (TPSA) is 15.3 Å². The number of nitrogens with one attached hydrogen (secondary N) is 1. The lowest BCUT2D eigenvalue weighted by molar-refractivity contribution is 0.494. The second-order valence-electron chi connectivity index (χ2n) is 3.81. The van der Waals surface area contributed by atoms with Crippen LogP contribution in [0.25, 0.3) is 0 Å². The summed E-state index contributed by atoms with van der Waals surface area (Å²) in [7, 11) is 0. The second-order valence-corrected chi connectivity index (χ2v) is 3.81. The van der Waals surface area contributed by atoms with Crippen LogP contribution >= 0.6 is 0 Å². The first kappa shape index (κ1) is 11.3. The van der Waals surface area contributed by atoms with Crippen molar-refractivity contribution in [1.82, 2.24) is 5.32 Å². The van der Waals surface area contributed by atoms with Crippen LogP contribution < -0.4 is 10.2 Å². The maximum Gasteiger partial charge on any atom is 0.161 e. The molecule has 1 fully saturated rings. The van der Waals surface area contributed by atoms with Gasteiger partial charge in [0, 0.05) is 31.8 Å². The molecule has 16 heavy (non-hydrogen) atoms. The SMILES string of the molecule is Fc1cc(F)c(N2CCCNCC2)cc1F. The number of rotatable bonds is 1. The van der Waals surface area contributed by atoms with Crippen molar-refractivity contribution in [2.24, 2.45) is 0 Å². The van der Waals surface area contributed by atoms with Crippen molar-refractivity contribution in [1.29, 1.82) is 0 Å². The Bertz CT molecular complexity index is 374. The molecule has 1 aliphatic heterocycles. The van der Waals surface area contributed by atoms with E-state index in [0.29, 0.717) is 19.2 Å². The van der Waals surface area contributed by atoms with E-state index in [9.17, 15) is 13.2 Å². The van der Waals surface area contributed by atoms with Gasteiger partial charge in [0.05, 0.1) is 5.69 Å². The Balaban J connectivity index is 2.27. The maximum absolute atomic E-state index is 13.5. The van der Waals surface area contributed by atoms with Crippen molar-refractivity contribution in [2.75, 3.05) is 31.1 Å². The summed E-state index contributed by atoms with van der Waals surface area (Å²) in [6, 6.07) is 1.53. The lowest BCUT2D eigenvalue weighted by atomic mass is 10.2. The van der Waals surface area contributed by atoms with E-state index in [1.165, 1.54) is 0 Å². The number of halogens is 3. The van der Waals surface area contributed by atoms with Gasteiger partial charge in [-0.2, -0.15) is 0 Å². The van der Waals surface area contributed by atoms with Crippen molar-refractivity contribution in [3.05, 3.63) is 29.6 Å². The lowest BCUT2D eigenvalue weighted by Gasteiger charge is -2.22. The standard InChI is InChI=1S/C11H13F3N2/c12-8-6-10(14)11(7-9(8)13)16-4-1-2-15-3-5-16/h6-7,15H,1-5H2. The van der Waals surface area contributed by atoms with E-state index in [1.807, 2.05) is 0 Å². The average Bonchev–Trinajstić information content (AvgIpc) is 2.52. The van der Waals surface area contributed by atoms with Gasteiger partial charge in [-0.3, -0.25) is 0 Å². The minimum absolute atomic E-state index is 0.141. The minimum atomic E-state index is -1.14. The van der Waals surface area contributed by atoms with Gasteiger partial charge in [0.15, 0.2) is 11.6 Å². The molecule has 0 spiro atoms. The van der Waals surface area contributed by atoms with Crippen LogP contribution in [0, 0.1) is 17.5 Å². The monoisotopic (exact) mass is 230 g/mol. The highest BCUT2D eigenvalue weighted by Gasteiger charge is 2.16. The van der Waals surface area contributed by atoms with Crippen LogP contribution in [-0.2, 0) is 0 Å². The van der Waals surface area contributed by atoms with E-state index < -0.39 is 17.5 Å². The summed E-state index contributed by atoms with van der Waals surface area (Å²) in [6.07, 6.45) is 0.860. The fraction of sp³-hybridized carbons (Fsp3) is 0.455. The van der Waals surface area contributed by atoms with E-state index in [4.69, 9.17) is 0 Å². The third kappa shape index (κ3) is 2.29. The summed E-state index contributed by atoms with van der Waals surface area (Å²) in [6.45, 7) is 2.83. The first-order chi connectivity index (χ1) is 7.68. The number of hydrogen-bond donors (Lipinski definition) is 1. The molecule has 1 aromatic rings. The van der Waals surface area contributed by atoms with E-state index in [1.54, 1.807) is 4.90 Å². The Labute approximate surface area is 92.1 Å². The Morgan fingerprint density at radius 1 is 0.938 bits per heavy atom. The van der Waals surface area contributed by atoms with Crippen molar-refractivity contribution >= 4 is 5.69 Å². The summed E-state index contributed by atoms with van der Waals surface area (Å²) < 4.78 is 39.3. The van der Waals surface area contributed by atoms with Crippen molar-refractivity contribution in [3.63, 3.8) is 0 Å². The molecule has 0 unspecified atom stereocenters. The first-order valence-corrected chi connectivity index (χ1v) is 5.28. The summed E-state index contributed by atoms with van der Waals surface area (Å²) in [4.78, 5) is 1.73. The van der Waals surface area contributed by atoms with E-state index in [0.717, 1.165) is 25.6 Å². The van der Waals surface area contributed by atoms with E-state index in [2.05, 4.69) is 5.32 Å². The average molecular weight is 230 g/mol. The van der Waals surface area contributed by atoms with Gasteiger partial charge < -0.3 is 10.2 Å². The summed E-state index contributed by atoms with van der Waals surface area (Å²) >= 11 is 0. The molecule has 0 radical (unpaired) electrons. The van der Waals surface area contributed by atoms with Crippen LogP contribution in [0.4, 0.5) is 18.9 Å². The largest absolute Gasteiger partial charge is 0.368 e. The number of benzene rings is 1. The molecule has 0 atom stereocenters.